The zero-order valence-electron chi connectivity index (χ0n) is 18.2. The maximum absolute atomic E-state index is 4.76. The van der Waals surface area contributed by atoms with Crippen molar-refractivity contribution in [3.05, 3.63) is 53.7 Å². The van der Waals surface area contributed by atoms with Gasteiger partial charge < -0.3 is 14.4 Å². The number of pyridine rings is 1. The highest BCUT2D eigenvalue weighted by Gasteiger charge is 2.26. The number of hydrogen-bond acceptors (Lipinski definition) is 4. The number of anilines is 1. The largest absolute Gasteiger partial charge is 0.370 e. The maximum atomic E-state index is 4.76. The molecule has 1 atom stereocenters. The van der Waals surface area contributed by atoms with E-state index in [0.29, 0.717) is 5.92 Å². The summed E-state index contributed by atoms with van der Waals surface area (Å²) in [6, 6.07) is 6.65. The summed E-state index contributed by atoms with van der Waals surface area (Å²) in [4.78, 5) is 14.2. The van der Waals surface area contributed by atoms with Crippen molar-refractivity contribution in [3.63, 3.8) is 0 Å². The van der Waals surface area contributed by atoms with Gasteiger partial charge in [0.25, 0.3) is 0 Å². The lowest BCUT2D eigenvalue weighted by atomic mass is 9.95. The second-order valence-electron chi connectivity index (χ2n) is 8.65. The molecule has 5 heteroatoms. The first-order chi connectivity index (χ1) is 14.0. The molecule has 1 aliphatic heterocycles. The Kier molecular flexibility index (Phi) is 5.86. The van der Waals surface area contributed by atoms with Crippen molar-refractivity contribution in [1.29, 1.82) is 0 Å². The van der Waals surface area contributed by atoms with Gasteiger partial charge in [-0.3, -0.25) is 4.98 Å². The Bertz CT molecular complexity index is 975. The van der Waals surface area contributed by atoms with Crippen LogP contribution >= 0.6 is 0 Å². The van der Waals surface area contributed by atoms with Crippen molar-refractivity contribution in [2.45, 2.75) is 45.6 Å². The second-order valence-corrected chi connectivity index (χ2v) is 8.65. The normalized spacial score (nSPS) is 17.4. The Morgan fingerprint density at radius 3 is 2.79 bits per heavy atom. The summed E-state index contributed by atoms with van der Waals surface area (Å²) in [5.41, 5.74) is 5.04. The van der Waals surface area contributed by atoms with Gasteiger partial charge in [0, 0.05) is 55.2 Å². The van der Waals surface area contributed by atoms with Gasteiger partial charge in [0.15, 0.2) is 0 Å². The smallest absolute Gasteiger partial charge is 0.113 e. The van der Waals surface area contributed by atoms with E-state index in [1.165, 1.54) is 40.9 Å². The molecular formula is C24H33N5. The van der Waals surface area contributed by atoms with Crippen LogP contribution in [0, 0.1) is 13.8 Å². The molecule has 1 aliphatic rings. The molecule has 0 saturated carbocycles. The molecule has 29 heavy (non-hydrogen) atoms. The summed E-state index contributed by atoms with van der Waals surface area (Å²) in [6.45, 7) is 8.62. The van der Waals surface area contributed by atoms with E-state index in [2.05, 4.69) is 71.7 Å². The summed E-state index contributed by atoms with van der Waals surface area (Å²) in [6.07, 6.45) is 9.65. The molecular weight excluding hydrogens is 358 g/mol. The minimum atomic E-state index is 0.480. The predicted molar refractivity (Wildman–Crippen MR) is 121 cm³/mol. The monoisotopic (exact) mass is 391 g/mol. The first-order valence-corrected chi connectivity index (χ1v) is 10.8. The van der Waals surface area contributed by atoms with Gasteiger partial charge in [-0.2, -0.15) is 0 Å². The lowest BCUT2D eigenvalue weighted by Crippen LogP contribution is -2.35. The number of imidazole rings is 1. The molecule has 0 aliphatic carbocycles. The average molecular weight is 392 g/mol. The molecule has 0 N–H and O–H groups in total. The minimum Gasteiger partial charge on any atom is -0.370 e. The number of hydrogen-bond donors (Lipinski definition) is 0. The summed E-state index contributed by atoms with van der Waals surface area (Å²) in [5, 5.41) is 1.27. The summed E-state index contributed by atoms with van der Waals surface area (Å²) in [7, 11) is 4.27. The number of aromatic nitrogens is 3. The second kappa shape index (κ2) is 8.54. The summed E-state index contributed by atoms with van der Waals surface area (Å²) >= 11 is 0. The predicted octanol–water partition coefficient (Wildman–Crippen LogP) is 4.38. The molecule has 0 unspecified atom stereocenters. The van der Waals surface area contributed by atoms with Gasteiger partial charge in [0.05, 0.1) is 5.52 Å². The minimum absolute atomic E-state index is 0.480. The van der Waals surface area contributed by atoms with Crippen molar-refractivity contribution >= 4 is 16.6 Å². The van der Waals surface area contributed by atoms with E-state index in [1.807, 2.05) is 12.4 Å². The van der Waals surface area contributed by atoms with Crippen molar-refractivity contribution in [1.82, 2.24) is 19.4 Å². The number of rotatable bonds is 6. The molecule has 5 nitrogen and oxygen atoms in total. The van der Waals surface area contributed by atoms with Crippen molar-refractivity contribution in [2.75, 3.05) is 38.6 Å². The number of fused-ring (bicyclic) bond motifs is 1. The van der Waals surface area contributed by atoms with Gasteiger partial charge in [0.1, 0.15) is 5.82 Å². The van der Waals surface area contributed by atoms with Crippen LogP contribution in [0.5, 0.6) is 0 Å². The summed E-state index contributed by atoms with van der Waals surface area (Å²) in [5.74, 6) is 1.73. The lowest BCUT2D eigenvalue weighted by Gasteiger charge is -2.35. The van der Waals surface area contributed by atoms with Crippen molar-refractivity contribution < 1.29 is 0 Å². The van der Waals surface area contributed by atoms with E-state index in [-0.39, 0.29) is 0 Å². The molecule has 0 spiro atoms. The van der Waals surface area contributed by atoms with Crippen LogP contribution in [0.1, 0.15) is 42.1 Å². The van der Waals surface area contributed by atoms with Crippen LogP contribution in [0.15, 0.2) is 36.8 Å². The van der Waals surface area contributed by atoms with Crippen LogP contribution in [-0.2, 0) is 6.54 Å². The van der Waals surface area contributed by atoms with E-state index in [1.54, 1.807) is 0 Å². The Balaban J connectivity index is 1.57. The lowest BCUT2D eigenvalue weighted by molar-refractivity contribution is 0.380. The van der Waals surface area contributed by atoms with Crippen LogP contribution in [0.3, 0.4) is 0 Å². The third-order valence-corrected chi connectivity index (χ3v) is 6.29. The average Bonchev–Trinajstić information content (AvgIpc) is 3.19. The van der Waals surface area contributed by atoms with Gasteiger partial charge in [-0.05, 0) is 70.9 Å². The van der Waals surface area contributed by atoms with Gasteiger partial charge in [-0.1, -0.05) is 12.1 Å². The van der Waals surface area contributed by atoms with Crippen LogP contribution < -0.4 is 4.90 Å². The van der Waals surface area contributed by atoms with Gasteiger partial charge in [-0.15, -0.1) is 0 Å². The van der Waals surface area contributed by atoms with E-state index >= 15 is 0 Å². The van der Waals surface area contributed by atoms with E-state index in [0.717, 1.165) is 38.1 Å². The quantitative estimate of drug-likeness (QED) is 0.625. The number of nitrogens with zero attached hydrogens (tertiary/aromatic N) is 5. The molecule has 2 aromatic heterocycles. The van der Waals surface area contributed by atoms with E-state index in [4.69, 9.17) is 4.98 Å². The molecule has 0 amide bonds. The zero-order valence-corrected chi connectivity index (χ0v) is 18.2. The third-order valence-electron chi connectivity index (χ3n) is 6.29. The first-order valence-electron chi connectivity index (χ1n) is 10.8. The van der Waals surface area contributed by atoms with Gasteiger partial charge in [0.2, 0.25) is 0 Å². The highest BCUT2D eigenvalue weighted by atomic mass is 15.2. The molecule has 4 rings (SSSR count). The number of aryl methyl sites for hydroxylation is 3. The molecule has 3 aromatic rings. The fourth-order valence-corrected chi connectivity index (χ4v) is 4.56. The van der Waals surface area contributed by atoms with Gasteiger partial charge in [-0.25, -0.2) is 4.98 Å². The fraction of sp³-hybridized carbons (Fsp3) is 0.500. The Hall–Kier alpha value is -2.40. The molecule has 0 radical (unpaired) electrons. The van der Waals surface area contributed by atoms with E-state index in [9.17, 15) is 0 Å². The topological polar surface area (TPSA) is 37.2 Å². The molecule has 154 valence electrons. The van der Waals surface area contributed by atoms with Crippen molar-refractivity contribution in [2.24, 2.45) is 0 Å². The van der Waals surface area contributed by atoms with Crippen LogP contribution in [0.4, 0.5) is 5.69 Å². The first kappa shape index (κ1) is 19.9. The number of piperidine rings is 1. The SMILES string of the molecule is Cc1ccc2c(N3CCC[C@H](c4nccn4CCCN(C)C)C3)ccnc2c1C. The fourth-order valence-electron chi connectivity index (χ4n) is 4.56. The molecule has 0 bridgehead atoms. The molecule has 1 fully saturated rings. The molecule has 1 saturated heterocycles. The maximum Gasteiger partial charge on any atom is 0.113 e. The van der Waals surface area contributed by atoms with Gasteiger partial charge >= 0.3 is 0 Å². The zero-order chi connectivity index (χ0) is 20.4. The standard InChI is InChI=1S/C24H33N5/c1-18-8-9-21-22(10-11-25-23(21)19(18)2)29-14-5-7-20(17-29)24-26-12-16-28(24)15-6-13-27(3)4/h8-12,16,20H,5-7,13-15,17H2,1-4H3/t20-/m0/s1. The highest BCUT2D eigenvalue weighted by molar-refractivity contribution is 5.94. The van der Waals surface area contributed by atoms with Crippen LogP contribution in [-0.4, -0.2) is 53.2 Å². The van der Waals surface area contributed by atoms with Crippen molar-refractivity contribution in [3.8, 4) is 0 Å². The van der Waals surface area contributed by atoms with Crippen LogP contribution in [0.25, 0.3) is 10.9 Å². The third kappa shape index (κ3) is 4.15. The molecule has 3 heterocycles. The van der Waals surface area contributed by atoms with E-state index < -0.39 is 0 Å². The highest BCUT2D eigenvalue weighted by Crippen LogP contribution is 2.34. The van der Waals surface area contributed by atoms with Crippen LogP contribution in [0.2, 0.25) is 0 Å². The Morgan fingerprint density at radius 2 is 1.97 bits per heavy atom. The number of benzene rings is 1. The Morgan fingerprint density at radius 1 is 1.10 bits per heavy atom. The molecule has 1 aromatic carbocycles. The summed E-state index contributed by atoms with van der Waals surface area (Å²) < 4.78 is 2.37. The Labute approximate surface area is 174 Å².